The molecule has 1 aliphatic heterocycles. The van der Waals surface area contributed by atoms with Crippen molar-refractivity contribution in [2.75, 3.05) is 11.9 Å². The van der Waals surface area contributed by atoms with Gasteiger partial charge in [0.25, 0.3) is 5.91 Å². The summed E-state index contributed by atoms with van der Waals surface area (Å²) in [7, 11) is 0. The summed E-state index contributed by atoms with van der Waals surface area (Å²) >= 11 is 6.18. The van der Waals surface area contributed by atoms with Gasteiger partial charge in [-0.25, -0.2) is 19.7 Å². The van der Waals surface area contributed by atoms with Gasteiger partial charge in [0.1, 0.15) is 18.2 Å². The molecule has 4 unspecified atom stereocenters. The first kappa shape index (κ1) is 24.2. The van der Waals surface area contributed by atoms with Gasteiger partial charge in [0, 0.05) is 23.2 Å². The number of fused-ring (bicyclic) bond motifs is 1. The number of carboxylic acid groups (broad SMARTS) is 1. The lowest BCUT2D eigenvalue weighted by atomic mass is 10.1. The number of hydrogen-bond acceptors (Lipinski definition) is 10. The number of aliphatic hydroxyl groups is 1. The van der Waals surface area contributed by atoms with E-state index in [-0.39, 0.29) is 25.1 Å². The summed E-state index contributed by atoms with van der Waals surface area (Å²) in [5.41, 5.74) is 7.20. The van der Waals surface area contributed by atoms with E-state index in [1.54, 1.807) is 18.2 Å². The fourth-order valence-corrected chi connectivity index (χ4v) is 4.15. The highest BCUT2D eigenvalue weighted by atomic mass is 35.5. The van der Waals surface area contributed by atoms with Crippen LogP contribution in [-0.2, 0) is 20.9 Å². The molecule has 1 saturated carbocycles. The molecule has 1 aromatic carbocycles. The Balaban J connectivity index is 1.32. The van der Waals surface area contributed by atoms with Gasteiger partial charge in [-0.05, 0) is 31.0 Å². The minimum Gasteiger partial charge on any atom is -0.483 e. The van der Waals surface area contributed by atoms with Gasteiger partial charge in [-0.2, -0.15) is 0 Å². The second kappa shape index (κ2) is 9.85. The summed E-state index contributed by atoms with van der Waals surface area (Å²) < 4.78 is 12.6. The Morgan fingerprint density at radius 1 is 1.28 bits per heavy atom. The highest BCUT2D eigenvalue weighted by molar-refractivity contribution is 6.30. The van der Waals surface area contributed by atoms with E-state index in [2.05, 4.69) is 25.6 Å². The van der Waals surface area contributed by atoms with E-state index in [1.807, 2.05) is 0 Å². The lowest BCUT2D eigenvalue weighted by Crippen LogP contribution is -2.43. The van der Waals surface area contributed by atoms with Gasteiger partial charge in [0.05, 0.1) is 12.4 Å². The van der Waals surface area contributed by atoms with Crippen molar-refractivity contribution < 1.29 is 29.3 Å². The number of rotatable bonds is 9. The largest absolute Gasteiger partial charge is 0.483 e. The molecular weight excluding hydrogens is 494 g/mol. The molecule has 3 aromatic rings. The Morgan fingerprint density at radius 2 is 2.08 bits per heavy atom. The Hall–Kier alpha value is -3.52. The lowest BCUT2D eigenvalue weighted by molar-refractivity contribution is -0.152. The first-order valence-electron chi connectivity index (χ1n) is 11.3. The van der Waals surface area contributed by atoms with Crippen molar-refractivity contribution in [3.63, 3.8) is 0 Å². The van der Waals surface area contributed by atoms with Crippen molar-refractivity contribution in [1.29, 1.82) is 0 Å². The molecule has 6 N–H and O–H groups in total. The summed E-state index contributed by atoms with van der Waals surface area (Å²) in [6.45, 7) is 0.129. The number of imidazole rings is 1. The van der Waals surface area contributed by atoms with E-state index >= 15 is 0 Å². The Kier molecular flexibility index (Phi) is 6.62. The van der Waals surface area contributed by atoms with Gasteiger partial charge in [0.15, 0.2) is 35.9 Å². The van der Waals surface area contributed by atoms with E-state index in [0.29, 0.717) is 33.3 Å². The fourth-order valence-electron chi connectivity index (χ4n) is 3.96. The fraction of sp³-hybridized carbons (Fsp3) is 0.409. The van der Waals surface area contributed by atoms with Crippen LogP contribution in [0.5, 0.6) is 5.75 Å². The van der Waals surface area contributed by atoms with Crippen molar-refractivity contribution in [2.24, 2.45) is 5.73 Å². The third kappa shape index (κ3) is 4.91. The molecule has 1 amide bonds. The minimum atomic E-state index is -1.37. The molecule has 36 heavy (non-hydrogen) atoms. The zero-order valence-corrected chi connectivity index (χ0v) is 19.6. The van der Waals surface area contributed by atoms with Crippen LogP contribution in [-0.4, -0.2) is 72.5 Å². The molecule has 1 saturated heterocycles. The molecule has 3 heterocycles. The number of halogens is 1. The molecule has 14 heteroatoms. The minimum absolute atomic E-state index is 0.115. The van der Waals surface area contributed by atoms with Gasteiger partial charge in [-0.1, -0.05) is 11.6 Å². The third-order valence-electron chi connectivity index (χ3n) is 5.97. The van der Waals surface area contributed by atoms with Crippen molar-refractivity contribution in [3.05, 3.63) is 41.4 Å². The van der Waals surface area contributed by atoms with Crippen LogP contribution in [0.25, 0.3) is 11.2 Å². The smallest absolute Gasteiger partial charge is 0.334 e. The van der Waals surface area contributed by atoms with Crippen LogP contribution < -0.4 is 21.1 Å². The number of aromatic nitrogens is 4. The summed E-state index contributed by atoms with van der Waals surface area (Å²) in [6.07, 6.45) is 0.933. The highest BCUT2D eigenvalue weighted by Crippen LogP contribution is 2.32. The van der Waals surface area contributed by atoms with Crippen molar-refractivity contribution in [2.45, 2.75) is 49.9 Å². The van der Waals surface area contributed by atoms with Gasteiger partial charge >= 0.3 is 5.97 Å². The number of aliphatic carboxylic acids is 1. The van der Waals surface area contributed by atoms with E-state index in [4.69, 9.17) is 26.8 Å². The average molecular weight is 518 g/mol. The van der Waals surface area contributed by atoms with E-state index in [9.17, 15) is 19.8 Å². The third-order valence-corrected chi connectivity index (χ3v) is 6.20. The summed E-state index contributed by atoms with van der Waals surface area (Å²) in [4.78, 5) is 36.2. The second-order valence-corrected chi connectivity index (χ2v) is 9.07. The van der Waals surface area contributed by atoms with Gasteiger partial charge in [-0.15, -0.1) is 0 Å². The predicted molar refractivity (Wildman–Crippen MR) is 126 cm³/mol. The number of anilines is 1. The maximum Gasteiger partial charge on any atom is 0.334 e. The number of hydrogen-bond donors (Lipinski definition) is 5. The van der Waals surface area contributed by atoms with Gasteiger partial charge in [0.2, 0.25) is 0 Å². The molecule has 5 rings (SSSR count). The van der Waals surface area contributed by atoms with Crippen LogP contribution in [0.15, 0.2) is 30.9 Å². The van der Waals surface area contributed by atoms with Crippen molar-refractivity contribution in [3.8, 4) is 5.75 Å². The predicted octanol–water partition coefficient (Wildman–Crippen LogP) is 0.419. The maximum absolute atomic E-state index is 12.0. The number of nitrogens with one attached hydrogen (secondary N) is 2. The number of amides is 1. The molecule has 0 spiro atoms. The number of aliphatic hydroxyl groups excluding tert-OH is 1. The molecule has 13 nitrogen and oxygen atoms in total. The Bertz CT molecular complexity index is 1300. The molecule has 4 atom stereocenters. The molecule has 2 aliphatic rings. The molecule has 190 valence electrons. The Labute approximate surface area is 209 Å². The van der Waals surface area contributed by atoms with Crippen LogP contribution >= 0.6 is 11.6 Å². The quantitative estimate of drug-likeness (QED) is 0.264. The van der Waals surface area contributed by atoms with Gasteiger partial charge < -0.3 is 36.1 Å². The molecule has 2 aromatic heterocycles. The number of nitrogens with two attached hydrogens (primary N) is 1. The first-order valence-corrected chi connectivity index (χ1v) is 11.6. The first-order chi connectivity index (χ1) is 17.3. The van der Waals surface area contributed by atoms with Crippen LogP contribution in [0, 0.1) is 0 Å². The zero-order valence-electron chi connectivity index (χ0n) is 18.9. The molecule has 0 radical (unpaired) electrons. The number of carboxylic acids is 1. The van der Waals surface area contributed by atoms with Gasteiger partial charge in [-0.3, -0.25) is 9.36 Å². The Morgan fingerprint density at radius 3 is 2.81 bits per heavy atom. The van der Waals surface area contributed by atoms with Crippen LogP contribution in [0.1, 0.15) is 24.6 Å². The SMILES string of the molecule is NC1C(C(=O)O)OC(n2cnc3c(NCc4cc(Cl)ccc4OCC(=O)NC4CC4)ncnc32)C1O. The monoisotopic (exact) mass is 517 g/mol. The maximum atomic E-state index is 12.0. The number of benzene rings is 1. The zero-order chi connectivity index (χ0) is 25.4. The van der Waals surface area contributed by atoms with E-state index in [0.717, 1.165) is 12.8 Å². The van der Waals surface area contributed by atoms with Crippen molar-refractivity contribution >= 4 is 40.5 Å². The summed E-state index contributed by atoms with van der Waals surface area (Å²) in [5, 5.41) is 26.3. The number of nitrogens with zero attached hydrogens (tertiary/aromatic N) is 4. The summed E-state index contributed by atoms with van der Waals surface area (Å²) in [6, 6.07) is 4.21. The molecule has 1 aliphatic carbocycles. The highest BCUT2D eigenvalue weighted by Gasteiger charge is 2.46. The second-order valence-electron chi connectivity index (χ2n) is 8.64. The van der Waals surface area contributed by atoms with E-state index in [1.165, 1.54) is 17.2 Å². The summed E-state index contributed by atoms with van der Waals surface area (Å²) in [5.74, 6) is -0.585. The average Bonchev–Trinajstić information content (AvgIpc) is 3.48. The molecule has 2 fully saturated rings. The van der Waals surface area contributed by atoms with Crippen LogP contribution in [0.3, 0.4) is 0 Å². The molecular formula is C22H24ClN7O6. The van der Waals surface area contributed by atoms with Crippen molar-refractivity contribution in [1.82, 2.24) is 24.8 Å². The number of ether oxygens (including phenoxy) is 2. The number of carbonyl (C=O) groups is 2. The normalized spacial score (nSPS) is 23.5. The topological polar surface area (TPSA) is 187 Å². The number of carbonyl (C=O) groups excluding carboxylic acids is 1. The molecule has 0 bridgehead atoms. The van der Waals surface area contributed by atoms with Crippen LogP contribution in [0.4, 0.5) is 5.82 Å². The lowest BCUT2D eigenvalue weighted by Gasteiger charge is -2.16. The van der Waals surface area contributed by atoms with E-state index < -0.39 is 30.4 Å². The standard InChI is InChI=1S/C22H24ClN7O6/c23-11-1-4-13(35-7-14(31)29-12-2-3-12)10(5-11)6-25-19-16-20(27-8-26-19)30(9-28-16)21-17(32)15(24)18(36-21)22(33)34/h1,4-5,8-9,12,15,17-18,21,32H,2-3,6-7,24H2,(H,29,31)(H,33,34)(H,25,26,27). The van der Waals surface area contributed by atoms with Crippen LogP contribution in [0.2, 0.25) is 5.02 Å².